The molecule has 3 aromatic rings. The molecule has 0 aliphatic carbocycles. The van der Waals surface area contributed by atoms with Gasteiger partial charge in [-0.05, 0) is 42.4 Å². The fourth-order valence-electron chi connectivity index (χ4n) is 3.77. The minimum absolute atomic E-state index is 0.0241. The fourth-order valence-corrected chi connectivity index (χ4v) is 4.08. The van der Waals surface area contributed by atoms with Gasteiger partial charge in [0.05, 0.1) is 11.4 Å². The minimum Gasteiger partial charge on any atom is -0.404 e. The largest absolute Gasteiger partial charge is 0.573 e. The predicted octanol–water partition coefficient (Wildman–Crippen LogP) is 5.93. The Labute approximate surface area is 177 Å². The summed E-state index contributed by atoms with van der Waals surface area (Å²) in [6.07, 6.45) is -9.35. The molecule has 0 amide bonds. The van der Waals surface area contributed by atoms with Gasteiger partial charge in [0.2, 0.25) is 0 Å². The highest BCUT2D eigenvalue weighted by atomic mass is 32.1. The van der Waals surface area contributed by atoms with Crippen molar-refractivity contribution in [2.75, 3.05) is 11.9 Å². The standard InChI is InChI=1S/C20H15F6N3OS/c21-19(22,23)17-16-12(11-5-1-2-6-13(11)27-16)9-10-29(17)18(31)28-14-7-3-4-8-15(14)30-20(24,25)26/h1-8,17,27H,9-10H2,(H,28,31). The number of rotatable bonds is 2. The zero-order chi connectivity index (χ0) is 22.4. The Morgan fingerprint density at radius 2 is 1.71 bits per heavy atom. The molecule has 1 atom stereocenters. The Morgan fingerprint density at radius 3 is 2.42 bits per heavy atom. The first-order valence-corrected chi connectivity index (χ1v) is 9.54. The van der Waals surface area contributed by atoms with Crippen molar-refractivity contribution in [3.63, 3.8) is 0 Å². The van der Waals surface area contributed by atoms with Gasteiger partial charge in [0, 0.05) is 17.4 Å². The number of H-pyrrole nitrogens is 1. The van der Waals surface area contributed by atoms with Gasteiger partial charge in [-0.25, -0.2) is 0 Å². The van der Waals surface area contributed by atoms with E-state index in [2.05, 4.69) is 15.0 Å². The van der Waals surface area contributed by atoms with Gasteiger partial charge in [0.1, 0.15) is 0 Å². The van der Waals surface area contributed by atoms with Gasteiger partial charge in [-0.1, -0.05) is 30.3 Å². The fraction of sp³-hybridized carbons (Fsp3) is 0.250. The van der Waals surface area contributed by atoms with Crippen LogP contribution in [0.15, 0.2) is 48.5 Å². The second-order valence-electron chi connectivity index (χ2n) is 6.92. The van der Waals surface area contributed by atoms with E-state index in [0.29, 0.717) is 16.5 Å². The number of anilines is 1. The molecule has 2 aromatic carbocycles. The molecule has 0 radical (unpaired) electrons. The number of hydrogen-bond donors (Lipinski definition) is 2. The van der Waals surface area contributed by atoms with E-state index in [-0.39, 0.29) is 29.5 Å². The van der Waals surface area contributed by atoms with Crippen LogP contribution in [0.4, 0.5) is 32.0 Å². The number of aromatic nitrogens is 1. The summed E-state index contributed by atoms with van der Waals surface area (Å²) in [5, 5.41) is 2.83. The summed E-state index contributed by atoms with van der Waals surface area (Å²) in [6.45, 7) is -0.0623. The normalized spacial score (nSPS) is 16.8. The van der Waals surface area contributed by atoms with E-state index in [0.717, 1.165) is 11.0 Å². The number of benzene rings is 2. The Bertz CT molecular complexity index is 1120. The molecule has 0 saturated heterocycles. The molecular formula is C20H15F6N3OS. The zero-order valence-electron chi connectivity index (χ0n) is 15.6. The highest BCUT2D eigenvalue weighted by molar-refractivity contribution is 7.80. The molecule has 0 fully saturated rings. The van der Waals surface area contributed by atoms with Crippen LogP contribution < -0.4 is 10.1 Å². The van der Waals surface area contributed by atoms with Crippen molar-refractivity contribution >= 4 is 33.9 Å². The average molecular weight is 459 g/mol. The van der Waals surface area contributed by atoms with E-state index in [4.69, 9.17) is 12.2 Å². The van der Waals surface area contributed by atoms with Crippen molar-refractivity contribution < 1.29 is 31.1 Å². The first-order valence-electron chi connectivity index (χ1n) is 9.13. The lowest BCUT2D eigenvalue weighted by atomic mass is 9.97. The maximum Gasteiger partial charge on any atom is 0.573 e. The van der Waals surface area contributed by atoms with Gasteiger partial charge in [-0.15, -0.1) is 13.2 Å². The van der Waals surface area contributed by atoms with Crippen molar-refractivity contribution in [3.8, 4) is 5.75 Å². The molecule has 2 heterocycles. The number of hydrogen-bond acceptors (Lipinski definition) is 2. The second-order valence-corrected chi connectivity index (χ2v) is 7.31. The Hall–Kier alpha value is -2.95. The van der Waals surface area contributed by atoms with Gasteiger partial charge < -0.3 is 19.9 Å². The third-order valence-electron chi connectivity index (χ3n) is 4.96. The van der Waals surface area contributed by atoms with Gasteiger partial charge in [-0.2, -0.15) is 13.2 Å². The monoisotopic (exact) mass is 459 g/mol. The molecular weight excluding hydrogens is 444 g/mol. The number of halogens is 6. The van der Waals surface area contributed by atoms with Gasteiger partial charge in [0.25, 0.3) is 0 Å². The lowest BCUT2D eigenvalue weighted by Crippen LogP contribution is -2.48. The van der Waals surface area contributed by atoms with Crippen LogP contribution in [0.25, 0.3) is 10.9 Å². The van der Waals surface area contributed by atoms with Crippen molar-refractivity contribution in [1.29, 1.82) is 0 Å². The van der Waals surface area contributed by atoms with Crippen molar-refractivity contribution in [1.82, 2.24) is 9.88 Å². The molecule has 2 N–H and O–H groups in total. The maximum absolute atomic E-state index is 14.1. The number of alkyl halides is 6. The third kappa shape index (κ3) is 4.27. The van der Waals surface area contributed by atoms with Crippen LogP contribution in [0.2, 0.25) is 0 Å². The molecule has 31 heavy (non-hydrogen) atoms. The quantitative estimate of drug-likeness (QED) is 0.369. The van der Waals surface area contributed by atoms with E-state index in [1.807, 2.05) is 0 Å². The Kier molecular flexibility index (Phi) is 5.24. The number of para-hydroxylation sites is 3. The van der Waals surface area contributed by atoms with E-state index < -0.39 is 24.3 Å². The molecule has 1 aliphatic heterocycles. The van der Waals surface area contributed by atoms with Gasteiger partial charge >= 0.3 is 12.5 Å². The third-order valence-corrected chi connectivity index (χ3v) is 5.30. The minimum atomic E-state index is -4.96. The van der Waals surface area contributed by atoms with Crippen LogP contribution in [0, 0.1) is 0 Å². The van der Waals surface area contributed by atoms with Gasteiger partial charge in [0.15, 0.2) is 16.9 Å². The summed E-state index contributed by atoms with van der Waals surface area (Å²) < 4.78 is 84.1. The van der Waals surface area contributed by atoms with E-state index >= 15 is 0 Å². The molecule has 4 nitrogen and oxygen atoms in total. The molecule has 11 heteroatoms. The topological polar surface area (TPSA) is 40.3 Å². The van der Waals surface area contributed by atoms with E-state index in [1.54, 1.807) is 24.3 Å². The first kappa shape index (κ1) is 21.3. The predicted molar refractivity (Wildman–Crippen MR) is 107 cm³/mol. The van der Waals surface area contributed by atoms with Crippen LogP contribution in [0.3, 0.4) is 0 Å². The van der Waals surface area contributed by atoms with Crippen molar-refractivity contribution in [2.24, 2.45) is 0 Å². The molecule has 1 unspecified atom stereocenters. The molecule has 0 bridgehead atoms. The molecule has 0 saturated carbocycles. The van der Waals surface area contributed by atoms with Crippen LogP contribution in [-0.2, 0) is 6.42 Å². The summed E-state index contributed by atoms with van der Waals surface area (Å²) in [5.74, 6) is -0.593. The molecule has 0 spiro atoms. The van der Waals surface area contributed by atoms with Crippen LogP contribution in [-0.4, -0.2) is 34.1 Å². The highest BCUT2D eigenvalue weighted by Crippen LogP contribution is 2.44. The molecule has 4 rings (SSSR count). The van der Waals surface area contributed by atoms with Crippen molar-refractivity contribution in [3.05, 3.63) is 59.8 Å². The van der Waals surface area contributed by atoms with Crippen LogP contribution in [0.1, 0.15) is 17.3 Å². The number of aromatic amines is 1. The Balaban J connectivity index is 1.67. The zero-order valence-corrected chi connectivity index (χ0v) is 16.5. The summed E-state index contributed by atoms with van der Waals surface area (Å²) >= 11 is 5.18. The lowest BCUT2D eigenvalue weighted by Gasteiger charge is -2.38. The smallest absolute Gasteiger partial charge is 0.404 e. The average Bonchev–Trinajstić information content (AvgIpc) is 3.05. The van der Waals surface area contributed by atoms with Crippen LogP contribution >= 0.6 is 12.2 Å². The summed E-state index contributed by atoms with van der Waals surface area (Å²) in [5.41, 5.74) is 0.918. The lowest BCUT2D eigenvalue weighted by molar-refractivity contribution is -0.274. The summed E-state index contributed by atoms with van der Waals surface area (Å²) in [4.78, 5) is 3.77. The first-order chi connectivity index (χ1) is 14.5. The van der Waals surface area contributed by atoms with Gasteiger partial charge in [-0.3, -0.25) is 0 Å². The number of ether oxygens (including phenoxy) is 1. The highest BCUT2D eigenvalue weighted by Gasteiger charge is 2.49. The molecule has 1 aliphatic rings. The summed E-state index contributed by atoms with van der Waals surface area (Å²) in [6, 6.07) is 9.84. The number of fused-ring (bicyclic) bond motifs is 3. The van der Waals surface area contributed by atoms with E-state index in [1.165, 1.54) is 18.2 Å². The number of nitrogens with zero attached hydrogens (tertiary/aromatic N) is 1. The van der Waals surface area contributed by atoms with Crippen LogP contribution in [0.5, 0.6) is 5.75 Å². The SMILES string of the molecule is FC(F)(F)Oc1ccccc1NC(=S)N1CCc2c([nH]c3ccccc23)C1C(F)(F)F. The molecule has 164 valence electrons. The second kappa shape index (κ2) is 7.63. The maximum atomic E-state index is 14.1. The molecule has 1 aromatic heterocycles. The Morgan fingerprint density at radius 1 is 1.03 bits per heavy atom. The number of thiocarbonyl (C=S) groups is 1. The number of nitrogens with one attached hydrogen (secondary N) is 2. The van der Waals surface area contributed by atoms with E-state index in [9.17, 15) is 26.3 Å². The summed E-state index contributed by atoms with van der Waals surface area (Å²) in [7, 11) is 0. The van der Waals surface area contributed by atoms with Crippen molar-refractivity contribution in [2.45, 2.75) is 25.0 Å².